The second kappa shape index (κ2) is 9.64. The lowest BCUT2D eigenvalue weighted by atomic mass is 10.1. The van der Waals surface area contributed by atoms with Crippen LogP contribution in [0.5, 0.6) is 0 Å². The molecule has 0 saturated carbocycles. The molecule has 26 heavy (non-hydrogen) atoms. The van der Waals surface area contributed by atoms with Crippen LogP contribution in [-0.4, -0.2) is 43.0 Å². The highest BCUT2D eigenvalue weighted by Gasteiger charge is 2.15. The second-order valence-corrected chi connectivity index (χ2v) is 7.64. The highest BCUT2D eigenvalue weighted by molar-refractivity contribution is 7.11. The van der Waals surface area contributed by atoms with Gasteiger partial charge in [0.2, 0.25) is 0 Å². The predicted molar refractivity (Wildman–Crippen MR) is 107 cm³/mol. The lowest BCUT2D eigenvalue weighted by Gasteiger charge is -2.26. The van der Waals surface area contributed by atoms with Crippen molar-refractivity contribution in [3.8, 4) is 0 Å². The first-order chi connectivity index (χ1) is 12.4. The number of rotatable bonds is 7. The number of aromatic nitrogens is 1. The molecule has 142 valence electrons. The van der Waals surface area contributed by atoms with Crippen molar-refractivity contribution in [2.24, 2.45) is 4.99 Å². The van der Waals surface area contributed by atoms with E-state index < -0.39 is 0 Å². The van der Waals surface area contributed by atoms with E-state index in [4.69, 9.17) is 0 Å². The van der Waals surface area contributed by atoms with Gasteiger partial charge in [0, 0.05) is 18.0 Å². The molecule has 5 nitrogen and oxygen atoms in total. The third-order valence-electron chi connectivity index (χ3n) is 4.07. The van der Waals surface area contributed by atoms with Crippen LogP contribution >= 0.6 is 11.3 Å². The number of likely N-dealkylation sites (N-methyl/N-ethyl adjacent to an activating group) is 1. The number of aryl methyl sites for hydroxylation is 2. The van der Waals surface area contributed by atoms with Crippen molar-refractivity contribution in [2.45, 2.75) is 33.4 Å². The van der Waals surface area contributed by atoms with Gasteiger partial charge in [-0.05, 0) is 52.6 Å². The van der Waals surface area contributed by atoms with Crippen molar-refractivity contribution in [1.82, 2.24) is 20.5 Å². The summed E-state index contributed by atoms with van der Waals surface area (Å²) in [6.07, 6.45) is 0. The van der Waals surface area contributed by atoms with Crippen LogP contribution < -0.4 is 10.6 Å². The summed E-state index contributed by atoms with van der Waals surface area (Å²) in [7, 11) is 4.03. The van der Waals surface area contributed by atoms with Crippen molar-refractivity contribution in [3.63, 3.8) is 0 Å². The van der Waals surface area contributed by atoms with Crippen LogP contribution in [0, 0.1) is 19.7 Å². The Morgan fingerprint density at radius 2 is 1.92 bits per heavy atom. The highest BCUT2D eigenvalue weighted by atomic mass is 32.1. The Labute approximate surface area is 159 Å². The SMILES string of the molecule is CCNC(=NCc1sc(C)nc1C)NCC(c1ccc(F)cc1)N(C)C. The van der Waals surface area contributed by atoms with Crippen molar-refractivity contribution >= 4 is 17.3 Å². The minimum atomic E-state index is -0.218. The molecule has 2 aromatic rings. The lowest BCUT2D eigenvalue weighted by molar-refractivity contribution is 0.298. The van der Waals surface area contributed by atoms with Crippen molar-refractivity contribution < 1.29 is 4.39 Å². The summed E-state index contributed by atoms with van der Waals surface area (Å²) in [6.45, 7) is 8.14. The fraction of sp³-hybridized carbons (Fsp3) is 0.474. The van der Waals surface area contributed by atoms with Gasteiger partial charge in [0.1, 0.15) is 5.82 Å². The molecule has 0 aliphatic rings. The minimum Gasteiger partial charge on any atom is -0.357 e. The maximum absolute atomic E-state index is 13.2. The Hall–Kier alpha value is -1.99. The number of benzene rings is 1. The number of thiazole rings is 1. The van der Waals surface area contributed by atoms with Gasteiger partial charge in [-0.3, -0.25) is 0 Å². The van der Waals surface area contributed by atoms with Crippen LogP contribution in [0.4, 0.5) is 4.39 Å². The molecule has 1 aromatic heterocycles. The number of nitrogens with zero attached hydrogens (tertiary/aromatic N) is 3. The average molecular weight is 378 g/mol. The van der Waals surface area contributed by atoms with Gasteiger partial charge in [-0.2, -0.15) is 0 Å². The van der Waals surface area contributed by atoms with E-state index in [1.807, 2.05) is 47.0 Å². The highest BCUT2D eigenvalue weighted by Crippen LogP contribution is 2.19. The number of hydrogen-bond acceptors (Lipinski definition) is 4. The van der Waals surface area contributed by atoms with Gasteiger partial charge in [0.15, 0.2) is 5.96 Å². The fourth-order valence-corrected chi connectivity index (χ4v) is 3.55. The summed E-state index contributed by atoms with van der Waals surface area (Å²) in [5.74, 6) is 0.552. The van der Waals surface area contributed by atoms with Crippen LogP contribution in [0.2, 0.25) is 0 Å². The molecular weight excluding hydrogens is 349 g/mol. The maximum atomic E-state index is 13.2. The van der Waals surface area contributed by atoms with Crippen LogP contribution in [0.25, 0.3) is 0 Å². The summed E-state index contributed by atoms with van der Waals surface area (Å²) in [5.41, 5.74) is 2.11. The van der Waals surface area contributed by atoms with E-state index in [1.165, 1.54) is 17.0 Å². The molecule has 1 unspecified atom stereocenters. The van der Waals surface area contributed by atoms with Crippen LogP contribution in [-0.2, 0) is 6.54 Å². The Morgan fingerprint density at radius 1 is 1.23 bits per heavy atom. The van der Waals surface area contributed by atoms with Gasteiger partial charge >= 0.3 is 0 Å². The molecule has 0 radical (unpaired) electrons. The molecule has 0 aliphatic carbocycles. The van der Waals surface area contributed by atoms with Crippen molar-refractivity contribution in [1.29, 1.82) is 0 Å². The third kappa shape index (κ3) is 5.78. The molecule has 0 fully saturated rings. The zero-order chi connectivity index (χ0) is 19.1. The summed E-state index contributed by atoms with van der Waals surface area (Å²) in [4.78, 5) is 12.4. The predicted octanol–water partition coefficient (Wildman–Crippen LogP) is 3.26. The molecule has 2 N–H and O–H groups in total. The average Bonchev–Trinajstić information content (AvgIpc) is 2.91. The van der Waals surface area contributed by atoms with E-state index in [0.717, 1.165) is 28.8 Å². The number of aliphatic imine (C=N–C) groups is 1. The molecular formula is C19H28FN5S. The van der Waals surface area contributed by atoms with Crippen molar-refractivity contribution in [2.75, 3.05) is 27.2 Å². The van der Waals surface area contributed by atoms with E-state index in [1.54, 1.807) is 11.3 Å². The fourth-order valence-electron chi connectivity index (χ4n) is 2.69. The normalized spacial score (nSPS) is 13.1. The zero-order valence-corrected chi connectivity index (χ0v) is 17.0. The number of hydrogen-bond donors (Lipinski definition) is 2. The van der Waals surface area contributed by atoms with Gasteiger partial charge in [0.05, 0.1) is 23.3 Å². The first-order valence-corrected chi connectivity index (χ1v) is 9.59. The van der Waals surface area contributed by atoms with E-state index in [-0.39, 0.29) is 11.9 Å². The lowest BCUT2D eigenvalue weighted by Crippen LogP contribution is -2.41. The van der Waals surface area contributed by atoms with Gasteiger partial charge < -0.3 is 15.5 Å². The molecule has 2 rings (SSSR count). The maximum Gasteiger partial charge on any atom is 0.191 e. The van der Waals surface area contributed by atoms with Crippen LogP contribution in [0.1, 0.15) is 34.1 Å². The number of guanidine groups is 1. The molecule has 1 heterocycles. The molecule has 0 amide bonds. The van der Waals surface area contributed by atoms with E-state index >= 15 is 0 Å². The Balaban J connectivity index is 2.06. The smallest absolute Gasteiger partial charge is 0.191 e. The van der Waals surface area contributed by atoms with E-state index in [0.29, 0.717) is 13.1 Å². The number of halogens is 1. The van der Waals surface area contributed by atoms with Crippen LogP contribution in [0.15, 0.2) is 29.3 Å². The van der Waals surface area contributed by atoms with Gasteiger partial charge in [-0.25, -0.2) is 14.4 Å². The Kier molecular flexibility index (Phi) is 7.53. The molecule has 1 atom stereocenters. The minimum absolute atomic E-state index is 0.117. The molecule has 0 spiro atoms. The van der Waals surface area contributed by atoms with Gasteiger partial charge in [-0.1, -0.05) is 12.1 Å². The van der Waals surface area contributed by atoms with Gasteiger partial charge in [0.25, 0.3) is 0 Å². The summed E-state index contributed by atoms with van der Waals surface area (Å²) < 4.78 is 13.2. The molecule has 1 aromatic carbocycles. The molecule has 0 aliphatic heterocycles. The first kappa shape index (κ1) is 20.3. The third-order valence-corrected chi connectivity index (χ3v) is 5.12. The summed E-state index contributed by atoms with van der Waals surface area (Å²) in [6, 6.07) is 6.77. The topological polar surface area (TPSA) is 52.6 Å². The summed E-state index contributed by atoms with van der Waals surface area (Å²) >= 11 is 1.68. The quantitative estimate of drug-likeness (QED) is 0.574. The second-order valence-electron chi connectivity index (χ2n) is 6.35. The van der Waals surface area contributed by atoms with E-state index in [2.05, 4.69) is 25.5 Å². The van der Waals surface area contributed by atoms with Gasteiger partial charge in [-0.15, -0.1) is 11.3 Å². The first-order valence-electron chi connectivity index (χ1n) is 8.77. The number of nitrogens with one attached hydrogen (secondary N) is 2. The largest absolute Gasteiger partial charge is 0.357 e. The summed E-state index contributed by atoms with van der Waals surface area (Å²) in [5, 5.41) is 7.74. The Morgan fingerprint density at radius 3 is 2.46 bits per heavy atom. The monoisotopic (exact) mass is 377 g/mol. The zero-order valence-electron chi connectivity index (χ0n) is 16.1. The van der Waals surface area contributed by atoms with Crippen LogP contribution in [0.3, 0.4) is 0 Å². The standard InChI is InChI=1S/C19H28FN5S/c1-6-21-19(23-12-18-13(2)24-14(3)26-18)22-11-17(25(4)5)15-7-9-16(20)10-8-15/h7-10,17H,6,11-12H2,1-5H3,(H2,21,22,23). The molecule has 7 heteroatoms. The van der Waals surface area contributed by atoms with Crippen molar-refractivity contribution in [3.05, 3.63) is 51.2 Å². The Bertz CT molecular complexity index is 724. The van der Waals surface area contributed by atoms with E-state index in [9.17, 15) is 4.39 Å². The molecule has 0 bridgehead atoms. The molecule has 0 saturated heterocycles.